The van der Waals surface area contributed by atoms with Crippen LogP contribution in [0.15, 0.2) is 58.8 Å². The largest absolute Gasteiger partial charge is 0.337 e. The second-order valence-corrected chi connectivity index (χ2v) is 7.44. The van der Waals surface area contributed by atoms with Crippen molar-refractivity contribution in [3.8, 4) is 0 Å². The second kappa shape index (κ2) is 7.74. The number of aryl methyl sites for hydroxylation is 3. The number of rotatable bonds is 5. The molecule has 1 aromatic carbocycles. The number of hydrogen-bond donors (Lipinski definition) is 0. The maximum Gasteiger partial charge on any atom is 0.256 e. The van der Waals surface area contributed by atoms with Gasteiger partial charge in [0.25, 0.3) is 5.91 Å². The molecule has 0 aliphatic rings. The van der Waals surface area contributed by atoms with Crippen LogP contribution in [-0.4, -0.2) is 32.6 Å². The van der Waals surface area contributed by atoms with Crippen molar-refractivity contribution < 1.29 is 4.79 Å². The third-order valence-corrected chi connectivity index (χ3v) is 5.26. The van der Waals surface area contributed by atoms with Gasteiger partial charge in [-0.3, -0.25) is 9.48 Å². The van der Waals surface area contributed by atoms with E-state index in [0.29, 0.717) is 12.1 Å². The Hall–Kier alpha value is -2.60. The van der Waals surface area contributed by atoms with E-state index in [-0.39, 0.29) is 5.91 Å². The molecule has 134 valence electrons. The van der Waals surface area contributed by atoms with Crippen molar-refractivity contribution in [3.63, 3.8) is 0 Å². The van der Waals surface area contributed by atoms with Gasteiger partial charge < -0.3 is 4.90 Å². The average Bonchev–Trinajstić information content (AvgIpc) is 3.02. The zero-order chi connectivity index (χ0) is 18.7. The Labute approximate surface area is 158 Å². The molecule has 0 saturated carbocycles. The Morgan fingerprint density at radius 3 is 2.77 bits per heavy atom. The molecular formula is C20H22N4OS. The molecule has 2 heterocycles. The number of amides is 1. The highest BCUT2D eigenvalue weighted by Gasteiger charge is 2.18. The molecule has 3 rings (SSSR count). The summed E-state index contributed by atoms with van der Waals surface area (Å²) in [7, 11) is 3.67. The molecular weight excluding hydrogens is 344 g/mol. The van der Waals surface area contributed by atoms with Crippen LogP contribution in [-0.2, 0) is 13.6 Å². The van der Waals surface area contributed by atoms with E-state index in [1.165, 1.54) is 22.9 Å². The molecule has 26 heavy (non-hydrogen) atoms. The number of nitrogens with zero attached hydrogens (tertiary/aromatic N) is 4. The van der Waals surface area contributed by atoms with Crippen molar-refractivity contribution in [1.82, 2.24) is 19.7 Å². The Kier molecular flexibility index (Phi) is 5.42. The highest BCUT2D eigenvalue weighted by molar-refractivity contribution is 7.99. The van der Waals surface area contributed by atoms with Crippen LogP contribution in [0.1, 0.15) is 27.0 Å². The summed E-state index contributed by atoms with van der Waals surface area (Å²) in [6.45, 7) is 4.66. The van der Waals surface area contributed by atoms with Crippen LogP contribution in [0.5, 0.6) is 0 Å². The van der Waals surface area contributed by atoms with Crippen LogP contribution >= 0.6 is 11.8 Å². The molecule has 0 radical (unpaired) electrons. The molecule has 5 nitrogen and oxygen atoms in total. The minimum Gasteiger partial charge on any atom is -0.337 e. The standard InChI is InChI=1S/C20H22N4OS/c1-14-7-8-18(15(2)10-14)26-19-17(6-5-9-21-19)20(25)23(3)12-16-11-22-24(4)13-16/h5-11,13H,12H2,1-4H3. The van der Waals surface area contributed by atoms with Gasteiger partial charge in [-0.2, -0.15) is 5.10 Å². The first-order chi connectivity index (χ1) is 12.4. The van der Waals surface area contributed by atoms with Gasteiger partial charge in [0.05, 0.1) is 11.8 Å². The fraction of sp³-hybridized carbons (Fsp3) is 0.250. The Morgan fingerprint density at radius 1 is 1.27 bits per heavy atom. The molecule has 6 heteroatoms. The molecule has 0 atom stereocenters. The first-order valence-corrected chi connectivity index (χ1v) is 9.19. The molecule has 0 aliphatic heterocycles. The summed E-state index contributed by atoms with van der Waals surface area (Å²) in [5, 5.41) is 4.88. The van der Waals surface area contributed by atoms with Gasteiger partial charge >= 0.3 is 0 Å². The normalized spacial score (nSPS) is 10.8. The SMILES string of the molecule is Cc1ccc(Sc2ncccc2C(=O)N(C)Cc2cnn(C)c2)c(C)c1. The quantitative estimate of drug-likeness (QED) is 0.688. The number of hydrogen-bond acceptors (Lipinski definition) is 4. The van der Waals surface area contributed by atoms with Crippen LogP contribution in [0.3, 0.4) is 0 Å². The molecule has 0 saturated heterocycles. The van der Waals surface area contributed by atoms with Gasteiger partial charge in [-0.05, 0) is 37.6 Å². The van der Waals surface area contributed by atoms with Gasteiger partial charge in [-0.25, -0.2) is 4.98 Å². The minimum absolute atomic E-state index is 0.0470. The predicted molar refractivity (Wildman–Crippen MR) is 103 cm³/mol. The van der Waals surface area contributed by atoms with Gasteiger partial charge in [-0.1, -0.05) is 29.5 Å². The topological polar surface area (TPSA) is 51.0 Å². The highest BCUT2D eigenvalue weighted by Crippen LogP contribution is 2.32. The smallest absolute Gasteiger partial charge is 0.256 e. The zero-order valence-electron chi connectivity index (χ0n) is 15.4. The van der Waals surface area contributed by atoms with Crippen LogP contribution in [0.2, 0.25) is 0 Å². The van der Waals surface area contributed by atoms with Crippen molar-refractivity contribution in [2.45, 2.75) is 30.3 Å². The predicted octanol–water partition coefficient (Wildman–Crippen LogP) is 3.86. The molecule has 0 N–H and O–H groups in total. The summed E-state index contributed by atoms with van der Waals surface area (Å²) in [5.74, 6) is -0.0470. The van der Waals surface area contributed by atoms with Gasteiger partial charge in [0.2, 0.25) is 0 Å². The summed E-state index contributed by atoms with van der Waals surface area (Å²) in [6, 6.07) is 9.94. The molecule has 3 aromatic rings. The van der Waals surface area contributed by atoms with Gasteiger partial charge in [0.15, 0.2) is 0 Å². The number of benzene rings is 1. The summed E-state index contributed by atoms with van der Waals surface area (Å²) in [4.78, 5) is 20.2. The lowest BCUT2D eigenvalue weighted by Gasteiger charge is -2.18. The number of aromatic nitrogens is 3. The van der Waals surface area contributed by atoms with E-state index in [0.717, 1.165) is 15.5 Å². The molecule has 0 bridgehead atoms. The van der Waals surface area contributed by atoms with Crippen molar-refractivity contribution >= 4 is 17.7 Å². The lowest BCUT2D eigenvalue weighted by molar-refractivity contribution is 0.0781. The zero-order valence-corrected chi connectivity index (χ0v) is 16.2. The van der Waals surface area contributed by atoms with Crippen LogP contribution < -0.4 is 0 Å². The number of carbonyl (C=O) groups excluding carboxylic acids is 1. The van der Waals surface area contributed by atoms with E-state index < -0.39 is 0 Å². The second-order valence-electron chi connectivity index (χ2n) is 6.41. The first-order valence-electron chi connectivity index (χ1n) is 8.37. The van der Waals surface area contributed by atoms with Crippen LogP contribution in [0.4, 0.5) is 0 Å². The lowest BCUT2D eigenvalue weighted by atomic mass is 10.2. The summed E-state index contributed by atoms with van der Waals surface area (Å²) < 4.78 is 1.74. The van der Waals surface area contributed by atoms with E-state index in [2.05, 4.69) is 42.1 Å². The van der Waals surface area contributed by atoms with Crippen LogP contribution in [0.25, 0.3) is 0 Å². The molecule has 0 unspecified atom stereocenters. The van der Waals surface area contributed by atoms with Gasteiger partial charge in [0, 0.05) is 43.5 Å². The highest BCUT2D eigenvalue weighted by atomic mass is 32.2. The molecule has 1 amide bonds. The van der Waals surface area contributed by atoms with Crippen molar-refractivity contribution in [1.29, 1.82) is 0 Å². The van der Waals surface area contributed by atoms with Crippen molar-refractivity contribution in [3.05, 3.63) is 71.2 Å². The van der Waals surface area contributed by atoms with Gasteiger partial charge in [0.1, 0.15) is 5.03 Å². The maximum atomic E-state index is 13.0. The average molecular weight is 366 g/mol. The fourth-order valence-electron chi connectivity index (χ4n) is 2.76. The number of carbonyl (C=O) groups is 1. The van der Waals surface area contributed by atoms with E-state index in [1.807, 2.05) is 19.3 Å². The van der Waals surface area contributed by atoms with E-state index in [4.69, 9.17) is 0 Å². The van der Waals surface area contributed by atoms with Crippen LogP contribution in [0, 0.1) is 13.8 Å². The first kappa shape index (κ1) is 18.2. The van der Waals surface area contributed by atoms with Crippen molar-refractivity contribution in [2.75, 3.05) is 7.05 Å². The van der Waals surface area contributed by atoms with E-state index >= 15 is 0 Å². The van der Waals surface area contributed by atoms with E-state index in [1.54, 1.807) is 35.1 Å². The molecule has 0 aliphatic carbocycles. The lowest BCUT2D eigenvalue weighted by Crippen LogP contribution is -2.26. The summed E-state index contributed by atoms with van der Waals surface area (Å²) in [6.07, 6.45) is 5.42. The van der Waals surface area contributed by atoms with E-state index in [9.17, 15) is 4.79 Å². The van der Waals surface area contributed by atoms with Crippen molar-refractivity contribution in [2.24, 2.45) is 7.05 Å². The Bertz CT molecular complexity index is 935. The fourth-order valence-corrected chi connectivity index (χ4v) is 3.70. The Morgan fingerprint density at radius 2 is 2.08 bits per heavy atom. The third kappa shape index (κ3) is 4.14. The van der Waals surface area contributed by atoms with Gasteiger partial charge in [-0.15, -0.1) is 0 Å². The monoisotopic (exact) mass is 366 g/mol. The molecule has 0 fully saturated rings. The Balaban J connectivity index is 1.82. The number of pyridine rings is 1. The molecule has 2 aromatic heterocycles. The third-order valence-electron chi connectivity index (χ3n) is 4.06. The maximum absolute atomic E-state index is 13.0. The summed E-state index contributed by atoms with van der Waals surface area (Å²) >= 11 is 1.53. The minimum atomic E-state index is -0.0470. The molecule has 0 spiro atoms. The summed E-state index contributed by atoms with van der Waals surface area (Å²) in [5.41, 5.74) is 4.02.